The van der Waals surface area contributed by atoms with Gasteiger partial charge in [0.25, 0.3) is 0 Å². The highest BCUT2D eigenvalue weighted by atomic mass is 32.1. The number of rotatable bonds is 2. The smallest absolute Gasteiger partial charge is 0.235 e. The van der Waals surface area contributed by atoms with Gasteiger partial charge < -0.3 is 0 Å². The van der Waals surface area contributed by atoms with Crippen LogP contribution < -0.4 is 0 Å². The molecule has 0 fully saturated rings. The fourth-order valence-corrected chi connectivity index (χ4v) is 1.82. The van der Waals surface area contributed by atoms with Crippen LogP contribution in [0, 0.1) is 6.92 Å². The summed E-state index contributed by atoms with van der Waals surface area (Å²) in [6.07, 6.45) is -4.40. The Labute approximate surface area is 91.9 Å². The van der Waals surface area contributed by atoms with Gasteiger partial charge in [-0.2, -0.15) is 13.2 Å². The summed E-state index contributed by atoms with van der Waals surface area (Å²) in [6.45, 7) is 1.82. The van der Waals surface area contributed by atoms with Gasteiger partial charge in [-0.1, -0.05) is 0 Å². The first kappa shape index (κ1) is 11.0. The third-order valence-corrected chi connectivity index (χ3v) is 2.67. The van der Waals surface area contributed by atoms with Gasteiger partial charge in [0.15, 0.2) is 5.69 Å². The van der Waals surface area contributed by atoms with Gasteiger partial charge in [-0.15, -0.1) is 16.4 Å². The fraction of sp³-hybridized carbons (Fsp3) is 0.429. The maximum absolute atomic E-state index is 12.3. The predicted octanol–water partition coefficient (Wildman–Crippen LogP) is 1.51. The van der Waals surface area contributed by atoms with Crippen molar-refractivity contribution in [1.82, 2.24) is 25.2 Å². The van der Waals surface area contributed by atoms with Crippen molar-refractivity contribution in [1.29, 1.82) is 0 Å². The Hall–Kier alpha value is -1.51. The number of thiazole rings is 1. The molecular formula is C7H6F3N5S. The number of hydrogen-bond donors (Lipinski definition) is 0. The third kappa shape index (κ3) is 2.18. The number of aryl methyl sites for hydroxylation is 1. The quantitative estimate of drug-likeness (QED) is 0.809. The average molecular weight is 249 g/mol. The number of alkyl halides is 3. The van der Waals surface area contributed by atoms with Gasteiger partial charge in [-0.3, -0.25) is 0 Å². The summed E-state index contributed by atoms with van der Waals surface area (Å²) >= 11 is 0.936. The van der Waals surface area contributed by atoms with Gasteiger partial charge in [-0.05, 0) is 17.4 Å². The van der Waals surface area contributed by atoms with Crippen LogP contribution in [-0.4, -0.2) is 25.2 Å². The maximum Gasteiger partial charge on any atom is 0.434 e. The summed E-state index contributed by atoms with van der Waals surface area (Å²) in [4.78, 5) is 3.47. The van der Waals surface area contributed by atoms with E-state index in [1.54, 1.807) is 6.92 Å². The molecule has 0 spiro atoms. The van der Waals surface area contributed by atoms with Gasteiger partial charge in [-0.25, -0.2) is 9.67 Å². The zero-order valence-corrected chi connectivity index (χ0v) is 8.88. The molecule has 0 N–H and O–H groups in total. The Kier molecular flexibility index (Phi) is 2.62. The predicted molar refractivity (Wildman–Crippen MR) is 48.8 cm³/mol. The van der Waals surface area contributed by atoms with Crippen LogP contribution >= 0.6 is 11.3 Å². The zero-order chi connectivity index (χ0) is 11.8. The normalized spacial score (nSPS) is 12.0. The number of halogens is 3. The molecule has 0 aromatic carbocycles. The van der Waals surface area contributed by atoms with Gasteiger partial charge in [0.1, 0.15) is 10.8 Å². The van der Waals surface area contributed by atoms with Crippen molar-refractivity contribution in [3.8, 4) is 0 Å². The second kappa shape index (κ2) is 3.81. The van der Waals surface area contributed by atoms with Crippen LogP contribution in [0.2, 0.25) is 0 Å². The van der Waals surface area contributed by atoms with Crippen molar-refractivity contribution in [2.45, 2.75) is 19.6 Å². The topological polar surface area (TPSA) is 56.5 Å². The summed E-state index contributed by atoms with van der Waals surface area (Å²) in [6, 6.07) is 0. The van der Waals surface area contributed by atoms with E-state index >= 15 is 0 Å². The summed E-state index contributed by atoms with van der Waals surface area (Å²) in [5.74, 6) is 0.531. The summed E-state index contributed by atoms with van der Waals surface area (Å²) in [7, 11) is 0. The summed E-state index contributed by atoms with van der Waals surface area (Å²) in [5, 5.41) is 11.9. The molecule has 9 heteroatoms. The molecule has 0 unspecified atom stereocenters. The van der Waals surface area contributed by atoms with E-state index in [1.807, 2.05) is 0 Å². The molecule has 2 aromatic rings. The Balaban J connectivity index is 2.18. The molecule has 0 aliphatic rings. The molecule has 0 saturated carbocycles. The third-order valence-electron chi connectivity index (χ3n) is 1.84. The van der Waals surface area contributed by atoms with E-state index in [1.165, 1.54) is 4.68 Å². The van der Waals surface area contributed by atoms with Crippen molar-refractivity contribution >= 4 is 11.3 Å². The van der Waals surface area contributed by atoms with E-state index in [2.05, 4.69) is 20.5 Å². The molecule has 0 atom stereocenters. The Morgan fingerprint density at radius 3 is 2.69 bits per heavy atom. The number of tetrazole rings is 1. The van der Waals surface area contributed by atoms with E-state index in [9.17, 15) is 13.2 Å². The molecular weight excluding hydrogens is 243 g/mol. The fourth-order valence-electron chi connectivity index (χ4n) is 1.04. The number of hydrogen-bond acceptors (Lipinski definition) is 5. The van der Waals surface area contributed by atoms with E-state index in [-0.39, 0.29) is 6.54 Å². The molecule has 0 amide bonds. The number of nitrogens with zero attached hydrogens (tertiary/aromatic N) is 5. The van der Waals surface area contributed by atoms with Crippen molar-refractivity contribution in [2.75, 3.05) is 0 Å². The van der Waals surface area contributed by atoms with E-state index in [4.69, 9.17) is 0 Å². The highest BCUT2D eigenvalue weighted by Crippen LogP contribution is 2.30. The van der Waals surface area contributed by atoms with Crippen LogP contribution in [0.4, 0.5) is 13.2 Å². The molecule has 86 valence electrons. The summed E-state index contributed by atoms with van der Waals surface area (Å²) < 4.78 is 38.2. The van der Waals surface area contributed by atoms with Gasteiger partial charge in [0.05, 0.1) is 6.54 Å². The minimum Gasteiger partial charge on any atom is -0.235 e. The second-order valence-corrected chi connectivity index (χ2v) is 3.95. The van der Waals surface area contributed by atoms with Crippen molar-refractivity contribution < 1.29 is 13.2 Å². The molecule has 2 aromatic heterocycles. The monoisotopic (exact) mass is 249 g/mol. The maximum atomic E-state index is 12.3. The zero-order valence-electron chi connectivity index (χ0n) is 8.06. The van der Waals surface area contributed by atoms with Gasteiger partial charge >= 0.3 is 6.18 Å². The van der Waals surface area contributed by atoms with E-state index in [0.29, 0.717) is 10.8 Å². The molecule has 5 nitrogen and oxygen atoms in total. The highest BCUT2D eigenvalue weighted by molar-refractivity contribution is 7.09. The van der Waals surface area contributed by atoms with Crippen molar-refractivity contribution in [2.24, 2.45) is 0 Å². The standard InChI is InChI=1S/C7H6F3N5S/c1-4-12-13-14-15(4)2-6-11-5(3-16-6)7(8,9)10/h3H,2H2,1H3. The lowest BCUT2D eigenvalue weighted by atomic mass is 10.5. The molecule has 16 heavy (non-hydrogen) atoms. The largest absolute Gasteiger partial charge is 0.434 e. The molecule has 0 saturated heterocycles. The van der Waals surface area contributed by atoms with Crippen LogP contribution in [0.1, 0.15) is 16.5 Å². The molecule has 0 aliphatic carbocycles. The van der Waals surface area contributed by atoms with E-state index < -0.39 is 11.9 Å². The van der Waals surface area contributed by atoms with Gasteiger partial charge in [0, 0.05) is 5.38 Å². The van der Waals surface area contributed by atoms with Crippen LogP contribution in [0.5, 0.6) is 0 Å². The molecule has 0 aliphatic heterocycles. The second-order valence-electron chi connectivity index (χ2n) is 3.01. The first-order valence-electron chi connectivity index (χ1n) is 4.21. The van der Waals surface area contributed by atoms with Crippen molar-refractivity contribution in [3.05, 3.63) is 21.9 Å². The van der Waals surface area contributed by atoms with E-state index in [0.717, 1.165) is 16.7 Å². The molecule has 2 rings (SSSR count). The Morgan fingerprint density at radius 2 is 2.19 bits per heavy atom. The summed E-state index contributed by atoms with van der Waals surface area (Å²) in [5.41, 5.74) is -0.877. The van der Waals surface area contributed by atoms with Crippen LogP contribution in [0.15, 0.2) is 5.38 Å². The highest BCUT2D eigenvalue weighted by Gasteiger charge is 2.33. The van der Waals surface area contributed by atoms with Crippen LogP contribution in [0.25, 0.3) is 0 Å². The lowest BCUT2D eigenvalue weighted by Crippen LogP contribution is -2.07. The minimum atomic E-state index is -4.40. The van der Waals surface area contributed by atoms with Crippen LogP contribution in [-0.2, 0) is 12.7 Å². The SMILES string of the molecule is Cc1nnnn1Cc1nc(C(F)(F)F)cs1. The first-order valence-corrected chi connectivity index (χ1v) is 5.09. The Morgan fingerprint density at radius 1 is 1.44 bits per heavy atom. The lowest BCUT2D eigenvalue weighted by Gasteiger charge is -2.00. The Bertz CT molecular complexity index is 488. The first-order chi connectivity index (χ1) is 7.47. The average Bonchev–Trinajstić information content (AvgIpc) is 2.76. The minimum absolute atomic E-state index is 0.152. The molecule has 2 heterocycles. The van der Waals surface area contributed by atoms with Crippen molar-refractivity contribution in [3.63, 3.8) is 0 Å². The molecule has 0 bridgehead atoms. The molecule has 0 radical (unpaired) electrons. The van der Waals surface area contributed by atoms with Crippen LogP contribution in [0.3, 0.4) is 0 Å². The number of aromatic nitrogens is 5. The lowest BCUT2D eigenvalue weighted by molar-refractivity contribution is -0.140. The van der Waals surface area contributed by atoms with Gasteiger partial charge in [0.2, 0.25) is 0 Å².